The van der Waals surface area contributed by atoms with Crippen LogP contribution in [0.2, 0.25) is 0 Å². The van der Waals surface area contributed by atoms with E-state index < -0.39 is 0 Å². The van der Waals surface area contributed by atoms with E-state index in [1.807, 2.05) is 42.5 Å². The van der Waals surface area contributed by atoms with Gasteiger partial charge in [-0.25, -0.2) is 4.68 Å². The standard InChI is InChI=1S/C25H21N3O2/c29-24-12-11-23(21-10-9-18-5-1-3-7-20(18)15-21)26-28(24)17-25(30)27-14-13-19-6-2-4-8-22(19)16-27/h1-12,15H,13-14,16-17H2. The highest BCUT2D eigenvalue weighted by Crippen LogP contribution is 2.22. The fourth-order valence-corrected chi connectivity index (χ4v) is 4.00. The molecule has 0 bridgehead atoms. The summed E-state index contributed by atoms with van der Waals surface area (Å²) in [6.45, 7) is 1.19. The predicted molar refractivity (Wildman–Crippen MR) is 117 cm³/mol. The highest BCUT2D eigenvalue weighted by Gasteiger charge is 2.21. The van der Waals surface area contributed by atoms with Crippen molar-refractivity contribution in [1.82, 2.24) is 14.7 Å². The molecule has 0 atom stereocenters. The molecule has 1 amide bonds. The monoisotopic (exact) mass is 395 g/mol. The maximum absolute atomic E-state index is 12.9. The first kappa shape index (κ1) is 18.3. The third-order valence-electron chi connectivity index (χ3n) is 5.68. The molecule has 0 saturated heterocycles. The third-order valence-corrected chi connectivity index (χ3v) is 5.68. The van der Waals surface area contributed by atoms with Gasteiger partial charge in [0.2, 0.25) is 5.91 Å². The van der Waals surface area contributed by atoms with Crippen LogP contribution in [-0.2, 0) is 24.3 Å². The molecule has 0 N–H and O–H groups in total. The summed E-state index contributed by atoms with van der Waals surface area (Å²) in [5, 5.41) is 6.74. The molecular formula is C25H21N3O2. The minimum Gasteiger partial charge on any atom is -0.336 e. The van der Waals surface area contributed by atoms with Crippen LogP contribution in [0, 0.1) is 0 Å². The van der Waals surface area contributed by atoms with Gasteiger partial charge in [0.15, 0.2) is 0 Å². The summed E-state index contributed by atoms with van der Waals surface area (Å²) in [5.74, 6) is -0.0882. The molecule has 1 aliphatic rings. The smallest absolute Gasteiger partial charge is 0.267 e. The Labute approximate surface area is 174 Å². The van der Waals surface area contributed by atoms with Gasteiger partial charge < -0.3 is 4.90 Å². The Morgan fingerprint density at radius 3 is 2.50 bits per heavy atom. The Bertz CT molecular complexity index is 1310. The van der Waals surface area contributed by atoms with E-state index in [2.05, 4.69) is 29.4 Å². The molecule has 1 aromatic heterocycles. The topological polar surface area (TPSA) is 55.2 Å². The molecule has 5 nitrogen and oxygen atoms in total. The summed E-state index contributed by atoms with van der Waals surface area (Å²) >= 11 is 0. The van der Waals surface area contributed by atoms with Crippen molar-refractivity contribution in [1.29, 1.82) is 0 Å². The fourth-order valence-electron chi connectivity index (χ4n) is 4.00. The van der Waals surface area contributed by atoms with E-state index in [-0.39, 0.29) is 18.0 Å². The fraction of sp³-hybridized carbons (Fsp3) is 0.160. The largest absolute Gasteiger partial charge is 0.336 e. The highest BCUT2D eigenvalue weighted by molar-refractivity contribution is 5.86. The normalized spacial score (nSPS) is 13.3. The number of carbonyl (C=O) groups is 1. The van der Waals surface area contributed by atoms with E-state index in [1.165, 1.54) is 21.9 Å². The lowest BCUT2D eigenvalue weighted by Crippen LogP contribution is -2.40. The molecule has 2 heterocycles. The molecule has 4 aromatic rings. The lowest BCUT2D eigenvalue weighted by Gasteiger charge is -2.29. The van der Waals surface area contributed by atoms with Crippen molar-refractivity contribution in [3.8, 4) is 11.3 Å². The molecule has 1 aliphatic heterocycles. The number of benzene rings is 3. The first-order valence-corrected chi connectivity index (χ1v) is 10.1. The van der Waals surface area contributed by atoms with E-state index in [4.69, 9.17) is 0 Å². The summed E-state index contributed by atoms with van der Waals surface area (Å²) in [4.78, 5) is 27.0. The Balaban J connectivity index is 1.40. The van der Waals surface area contributed by atoms with Crippen LogP contribution in [0.15, 0.2) is 83.7 Å². The molecule has 0 fully saturated rings. The molecule has 0 saturated carbocycles. The summed E-state index contributed by atoms with van der Waals surface area (Å²) in [6.07, 6.45) is 0.835. The van der Waals surface area contributed by atoms with E-state index in [1.54, 1.807) is 11.0 Å². The highest BCUT2D eigenvalue weighted by atomic mass is 16.2. The zero-order chi connectivity index (χ0) is 20.5. The number of rotatable bonds is 3. The summed E-state index contributed by atoms with van der Waals surface area (Å²) < 4.78 is 1.27. The molecule has 5 heteroatoms. The van der Waals surface area contributed by atoms with Crippen LogP contribution in [0.5, 0.6) is 0 Å². The van der Waals surface area contributed by atoms with Crippen molar-refractivity contribution in [2.75, 3.05) is 6.54 Å². The molecular weight excluding hydrogens is 374 g/mol. The van der Waals surface area contributed by atoms with E-state index in [9.17, 15) is 9.59 Å². The molecule has 148 valence electrons. The van der Waals surface area contributed by atoms with Crippen molar-refractivity contribution in [3.63, 3.8) is 0 Å². The second-order valence-corrected chi connectivity index (χ2v) is 7.61. The second-order valence-electron chi connectivity index (χ2n) is 7.61. The second kappa shape index (κ2) is 7.59. The molecule has 0 aliphatic carbocycles. The first-order chi connectivity index (χ1) is 14.7. The van der Waals surface area contributed by atoms with Crippen LogP contribution < -0.4 is 5.56 Å². The van der Waals surface area contributed by atoms with Crippen molar-refractivity contribution >= 4 is 16.7 Å². The van der Waals surface area contributed by atoms with E-state index >= 15 is 0 Å². The Kier molecular flexibility index (Phi) is 4.64. The number of amides is 1. The lowest BCUT2D eigenvalue weighted by atomic mass is 10.00. The van der Waals surface area contributed by atoms with Gasteiger partial charge in [-0.1, -0.05) is 60.7 Å². The van der Waals surface area contributed by atoms with Gasteiger partial charge >= 0.3 is 0 Å². The van der Waals surface area contributed by atoms with Gasteiger partial charge in [-0.2, -0.15) is 5.10 Å². The maximum atomic E-state index is 12.9. The molecule has 0 unspecified atom stereocenters. The average molecular weight is 395 g/mol. The van der Waals surface area contributed by atoms with Gasteiger partial charge in [0, 0.05) is 24.7 Å². The lowest BCUT2D eigenvalue weighted by molar-refractivity contribution is -0.133. The molecule has 0 radical (unpaired) electrons. The van der Waals surface area contributed by atoms with Crippen LogP contribution in [0.3, 0.4) is 0 Å². The maximum Gasteiger partial charge on any atom is 0.267 e. The van der Waals surface area contributed by atoms with Crippen LogP contribution in [0.25, 0.3) is 22.0 Å². The SMILES string of the molecule is O=C(Cn1nc(-c2ccc3ccccc3c2)ccc1=O)N1CCc2ccccc2C1. The zero-order valence-electron chi connectivity index (χ0n) is 16.5. The van der Waals surface area contributed by atoms with Crippen LogP contribution in [0.1, 0.15) is 11.1 Å². The predicted octanol–water partition coefficient (Wildman–Crippen LogP) is 3.65. The van der Waals surface area contributed by atoms with Crippen molar-refractivity contribution in [2.45, 2.75) is 19.5 Å². The Morgan fingerprint density at radius 1 is 0.867 bits per heavy atom. The van der Waals surface area contributed by atoms with Crippen molar-refractivity contribution in [2.24, 2.45) is 0 Å². The third kappa shape index (κ3) is 3.50. The molecule has 3 aromatic carbocycles. The van der Waals surface area contributed by atoms with Gasteiger partial charge in [0.05, 0.1) is 5.69 Å². The number of nitrogens with zero attached hydrogens (tertiary/aromatic N) is 3. The summed E-state index contributed by atoms with van der Waals surface area (Å²) in [6, 6.07) is 25.6. The van der Waals surface area contributed by atoms with Gasteiger partial charge in [-0.05, 0) is 40.5 Å². The number of aromatic nitrogens is 2. The van der Waals surface area contributed by atoms with Gasteiger partial charge in [-0.15, -0.1) is 0 Å². The number of fused-ring (bicyclic) bond motifs is 2. The van der Waals surface area contributed by atoms with E-state index in [0.29, 0.717) is 18.8 Å². The number of carbonyl (C=O) groups excluding carboxylic acids is 1. The van der Waals surface area contributed by atoms with Gasteiger partial charge in [0.25, 0.3) is 5.56 Å². The summed E-state index contributed by atoms with van der Waals surface area (Å²) in [5.41, 5.74) is 3.78. The van der Waals surface area contributed by atoms with Crippen LogP contribution >= 0.6 is 0 Å². The molecule has 30 heavy (non-hydrogen) atoms. The first-order valence-electron chi connectivity index (χ1n) is 10.1. The number of hydrogen-bond donors (Lipinski definition) is 0. The Hall–Kier alpha value is -3.73. The Morgan fingerprint density at radius 2 is 1.63 bits per heavy atom. The zero-order valence-corrected chi connectivity index (χ0v) is 16.5. The van der Waals surface area contributed by atoms with Crippen molar-refractivity contribution < 1.29 is 4.79 Å². The molecule has 0 spiro atoms. The van der Waals surface area contributed by atoms with Crippen LogP contribution in [-0.4, -0.2) is 27.1 Å². The van der Waals surface area contributed by atoms with E-state index in [0.717, 1.165) is 22.8 Å². The minimum atomic E-state index is -0.273. The average Bonchev–Trinajstić information content (AvgIpc) is 2.80. The number of hydrogen-bond acceptors (Lipinski definition) is 3. The minimum absolute atomic E-state index is 0.0532. The quantitative estimate of drug-likeness (QED) is 0.532. The van der Waals surface area contributed by atoms with Gasteiger partial charge in [0.1, 0.15) is 6.54 Å². The molecule has 5 rings (SSSR count). The van der Waals surface area contributed by atoms with Crippen molar-refractivity contribution in [3.05, 3.63) is 100 Å². The summed E-state index contributed by atoms with van der Waals surface area (Å²) in [7, 11) is 0. The van der Waals surface area contributed by atoms with Crippen LogP contribution in [0.4, 0.5) is 0 Å². The van der Waals surface area contributed by atoms with Gasteiger partial charge in [-0.3, -0.25) is 9.59 Å².